The second-order valence-electron chi connectivity index (χ2n) is 6.10. The molecule has 3 rings (SSSR count). The largest absolute Gasteiger partial charge is 0.496 e. The van der Waals surface area contributed by atoms with Gasteiger partial charge >= 0.3 is 0 Å². The van der Waals surface area contributed by atoms with Gasteiger partial charge in [-0.2, -0.15) is 0 Å². The van der Waals surface area contributed by atoms with Crippen molar-refractivity contribution in [3.05, 3.63) is 47.0 Å². The van der Waals surface area contributed by atoms with Crippen LogP contribution in [0.4, 0.5) is 17.1 Å². The molecule has 1 heterocycles. The normalized spacial score (nSPS) is 16.0. The number of hydrogen-bond acceptors (Lipinski definition) is 5. The van der Waals surface area contributed by atoms with Crippen LogP contribution in [0.25, 0.3) is 0 Å². The minimum atomic E-state index is -0.396. The fourth-order valence-corrected chi connectivity index (χ4v) is 2.92. The van der Waals surface area contributed by atoms with Gasteiger partial charge in [0.25, 0.3) is 11.8 Å². The zero-order valence-electron chi connectivity index (χ0n) is 14.8. The number of carbonyl (C=O) groups excluding carboxylic acids is 2. The molecule has 27 heavy (non-hydrogen) atoms. The summed E-state index contributed by atoms with van der Waals surface area (Å²) in [6.07, 6.45) is 1.22. The molecule has 0 saturated carbocycles. The zero-order chi connectivity index (χ0) is 19.4. The van der Waals surface area contributed by atoms with E-state index in [-0.39, 0.29) is 22.4 Å². The first-order valence-electron chi connectivity index (χ1n) is 8.45. The molecule has 1 fully saturated rings. The summed E-state index contributed by atoms with van der Waals surface area (Å²) in [7, 11) is 1.45. The third-order valence-corrected chi connectivity index (χ3v) is 4.52. The Morgan fingerprint density at radius 1 is 1.19 bits per heavy atom. The minimum absolute atomic E-state index is 0.162. The first-order valence-corrected chi connectivity index (χ1v) is 8.82. The molecule has 0 bridgehead atoms. The van der Waals surface area contributed by atoms with Crippen LogP contribution in [0.1, 0.15) is 23.2 Å². The number of halogens is 1. The van der Waals surface area contributed by atoms with E-state index < -0.39 is 6.10 Å². The Balaban J connectivity index is 1.67. The van der Waals surface area contributed by atoms with Crippen LogP contribution in [-0.2, 0) is 9.53 Å². The Bertz CT molecular complexity index is 849. The lowest BCUT2D eigenvalue weighted by Crippen LogP contribution is -2.26. The van der Waals surface area contributed by atoms with E-state index in [9.17, 15) is 9.59 Å². The Labute approximate surface area is 161 Å². The van der Waals surface area contributed by atoms with Crippen molar-refractivity contribution in [3.63, 3.8) is 0 Å². The average Bonchev–Trinajstić information content (AvgIpc) is 3.20. The van der Waals surface area contributed by atoms with Crippen molar-refractivity contribution in [1.82, 2.24) is 0 Å². The smallest absolute Gasteiger partial charge is 0.259 e. The van der Waals surface area contributed by atoms with Gasteiger partial charge in [-0.05, 0) is 43.2 Å². The fourth-order valence-electron chi connectivity index (χ4n) is 2.76. The fraction of sp³-hybridized carbons (Fsp3) is 0.263. The van der Waals surface area contributed by atoms with Crippen LogP contribution in [0.2, 0.25) is 5.02 Å². The van der Waals surface area contributed by atoms with Crippen molar-refractivity contribution in [3.8, 4) is 5.75 Å². The highest BCUT2D eigenvalue weighted by atomic mass is 35.5. The van der Waals surface area contributed by atoms with E-state index >= 15 is 0 Å². The number of carbonyl (C=O) groups is 2. The number of anilines is 3. The van der Waals surface area contributed by atoms with Gasteiger partial charge in [-0.3, -0.25) is 9.59 Å². The standard InChI is InChI=1S/C19H20ClN3O4/c1-26-17-10-15(21)14(20)9-13(17)18(24)22-11-4-6-12(7-5-11)23-19(25)16-3-2-8-27-16/h4-7,9-10,16H,2-3,8,21H2,1H3,(H,22,24)(H,23,25). The summed E-state index contributed by atoms with van der Waals surface area (Å²) in [6.45, 7) is 0.613. The average molecular weight is 390 g/mol. The monoisotopic (exact) mass is 389 g/mol. The molecule has 2 aromatic carbocycles. The number of hydrogen-bond donors (Lipinski definition) is 3. The Kier molecular flexibility index (Phi) is 5.83. The highest BCUT2D eigenvalue weighted by Crippen LogP contribution is 2.29. The summed E-state index contributed by atoms with van der Waals surface area (Å²) < 4.78 is 10.5. The molecule has 8 heteroatoms. The molecule has 1 aliphatic rings. The van der Waals surface area contributed by atoms with Gasteiger partial charge < -0.3 is 25.8 Å². The lowest BCUT2D eigenvalue weighted by Gasteiger charge is -2.13. The highest BCUT2D eigenvalue weighted by Gasteiger charge is 2.23. The summed E-state index contributed by atoms with van der Waals surface area (Å²) in [5.74, 6) is -0.217. The molecular weight excluding hydrogens is 370 g/mol. The number of benzene rings is 2. The molecule has 0 radical (unpaired) electrons. The number of rotatable bonds is 5. The first-order chi connectivity index (χ1) is 13.0. The molecule has 142 valence electrons. The summed E-state index contributed by atoms with van der Waals surface area (Å²) in [4.78, 5) is 24.6. The summed E-state index contributed by atoms with van der Waals surface area (Å²) >= 11 is 6.00. The second-order valence-corrected chi connectivity index (χ2v) is 6.50. The third kappa shape index (κ3) is 4.50. The van der Waals surface area contributed by atoms with Crippen LogP contribution < -0.4 is 21.1 Å². The maximum Gasteiger partial charge on any atom is 0.259 e. The van der Waals surface area contributed by atoms with Crippen LogP contribution in [0, 0.1) is 0 Å². The molecule has 1 aliphatic heterocycles. The van der Waals surface area contributed by atoms with Crippen LogP contribution in [0.5, 0.6) is 5.75 Å². The maximum absolute atomic E-state index is 12.5. The number of nitrogens with one attached hydrogen (secondary N) is 2. The van der Waals surface area contributed by atoms with Crippen molar-refractivity contribution >= 4 is 40.5 Å². The van der Waals surface area contributed by atoms with Crippen molar-refractivity contribution in [2.24, 2.45) is 0 Å². The molecule has 1 atom stereocenters. The molecule has 7 nitrogen and oxygen atoms in total. The van der Waals surface area contributed by atoms with Gasteiger partial charge in [0.2, 0.25) is 0 Å². The molecule has 1 saturated heterocycles. The van der Waals surface area contributed by atoms with Crippen molar-refractivity contribution in [2.75, 3.05) is 30.1 Å². The number of nitrogens with two attached hydrogens (primary N) is 1. The highest BCUT2D eigenvalue weighted by molar-refractivity contribution is 6.33. The van der Waals surface area contributed by atoms with Crippen molar-refractivity contribution < 1.29 is 19.1 Å². The van der Waals surface area contributed by atoms with E-state index in [2.05, 4.69) is 10.6 Å². The molecule has 2 amide bonds. The summed E-state index contributed by atoms with van der Waals surface area (Å²) in [5.41, 5.74) is 7.52. The predicted molar refractivity (Wildman–Crippen MR) is 104 cm³/mol. The number of amides is 2. The van der Waals surface area contributed by atoms with Gasteiger partial charge in [0.15, 0.2) is 0 Å². The maximum atomic E-state index is 12.5. The quantitative estimate of drug-likeness (QED) is 0.681. The van der Waals surface area contributed by atoms with Crippen LogP contribution in [0.15, 0.2) is 36.4 Å². The van der Waals surface area contributed by atoms with Gasteiger partial charge in [0, 0.05) is 24.0 Å². The number of ether oxygens (including phenoxy) is 2. The van der Waals surface area contributed by atoms with Crippen LogP contribution in [0.3, 0.4) is 0 Å². The van der Waals surface area contributed by atoms with E-state index in [0.29, 0.717) is 29.4 Å². The molecule has 1 unspecified atom stereocenters. The SMILES string of the molecule is COc1cc(N)c(Cl)cc1C(=O)Nc1ccc(NC(=O)C2CCCO2)cc1. The van der Waals surface area contributed by atoms with Gasteiger partial charge in [-0.1, -0.05) is 11.6 Å². The van der Waals surface area contributed by atoms with Gasteiger partial charge in [-0.25, -0.2) is 0 Å². The van der Waals surface area contributed by atoms with Crippen LogP contribution in [-0.4, -0.2) is 31.6 Å². The van der Waals surface area contributed by atoms with E-state index in [4.69, 9.17) is 26.8 Å². The molecule has 2 aromatic rings. The minimum Gasteiger partial charge on any atom is -0.496 e. The van der Waals surface area contributed by atoms with E-state index in [1.165, 1.54) is 19.2 Å². The number of methoxy groups -OCH3 is 1. The van der Waals surface area contributed by atoms with Gasteiger partial charge in [0.1, 0.15) is 11.9 Å². The topological polar surface area (TPSA) is 103 Å². The van der Waals surface area contributed by atoms with E-state index in [1.54, 1.807) is 24.3 Å². The summed E-state index contributed by atoms with van der Waals surface area (Å²) in [5, 5.41) is 5.83. The number of nitrogen functional groups attached to an aromatic ring is 1. The second kappa shape index (κ2) is 8.28. The van der Waals surface area contributed by atoms with Crippen molar-refractivity contribution in [2.45, 2.75) is 18.9 Å². The van der Waals surface area contributed by atoms with Gasteiger partial charge in [-0.15, -0.1) is 0 Å². The van der Waals surface area contributed by atoms with Crippen molar-refractivity contribution in [1.29, 1.82) is 0 Å². The van der Waals surface area contributed by atoms with E-state index in [0.717, 1.165) is 12.8 Å². The lowest BCUT2D eigenvalue weighted by atomic mass is 10.1. The lowest BCUT2D eigenvalue weighted by molar-refractivity contribution is -0.124. The Morgan fingerprint density at radius 2 is 1.85 bits per heavy atom. The third-order valence-electron chi connectivity index (χ3n) is 4.20. The van der Waals surface area contributed by atoms with Crippen LogP contribution >= 0.6 is 11.6 Å². The zero-order valence-corrected chi connectivity index (χ0v) is 15.5. The molecule has 0 aliphatic carbocycles. The predicted octanol–water partition coefficient (Wildman–Crippen LogP) is 3.30. The van der Waals surface area contributed by atoms with Gasteiger partial charge in [0.05, 0.1) is 23.4 Å². The Hall–Kier alpha value is -2.77. The Morgan fingerprint density at radius 3 is 2.44 bits per heavy atom. The molecule has 0 aromatic heterocycles. The first kappa shape index (κ1) is 19.0. The molecule has 0 spiro atoms. The van der Waals surface area contributed by atoms with E-state index in [1.807, 2.05) is 0 Å². The molecule has 4 N–H and O–H groups in total. The molecular formula is C19H20ClN3O4. The summed E-state index contributed by atoms with van der Waals surface area (Å²) in [6, 6.07) is 9.75.